The molecule has 0 saturated carbocycles. The van der Waals surface area contributed by atoms with Crippen molar-refractivity contribution in [2.75, 3.05) is 25.6 Å². The van der Waals surface area contributed by atoms with Gasteiger partial charge >= 0.3 is 0 Å². The molecule has 3 rings (SSSR count). The van der Waals surface area contributed by atoms with Crippen LogP contribution in [0.1, 0.15) is 25.0 Å². The van der Waals surface area contributed by atoms with Crippen LogP contribution in [0.3, 0.4) is 0 Å². The summed E-state index contributed by atoms with van der Waals surface area (Å²) in [5.74, 6) is 1.66. The van der Waals surface area contributed by atoms with E-state index < -0.39 is 10.0 Å². The first-order valence-corrected chi connectivity index (χ1v) is 12.0. The first-order chi connectivity index (χ1) is 16.0. The van der Waals surface area contributed by atoms with E-state index in [9.17, 15) is 8.42 Å². The molecule has 0 saturated heterocycles. The third-order valence-corrected chi connectivity index (χ3v) is 6.93. The minimum atomic E-state index is -3.54. The van der Waals surface area contributed by atoms with Crippen molar-refractivity contribution in [3.05, 3.63) is 78.0 Å². The zero-order valence-corrected chi connectivity index (χ0v) is 19.7. The number of hydrazone groups is 1. The summed E-state index contributed by atoms with van der Waals surface area (Å²) < 4.78 is 37.8. The third-order valence-electron chi connectivity index (χ3n) is 4.90. The van der Waals surface area contributed by atoms with Crippen LogP contribution in [0.2, 0.25) is 0 Å². The van der Waals surface area contributed by atoms with E-state index in [2.05, 4.69) is 15.5 Å². The van der Waals surface area contributed by atoms with Gasteiger partial charge < -0.3 is 9.47 Å². The predicted octanol–water partition coefficient (Wildman–Crippen LogP) is 4.15. The molecule has 1 aromatic heterocycles. The van der Waals surface area contributed by atoms with Crippen molar-refractivity contribution >= 4 is 22.1 Å². The SMILES string of the molecule is CCN(CC)S(=O)(=O)c1ccc(N/N=C/c2ccc(OC)c(OCc3ccccc3)c2)nc1. The molecular formula is C24H28N4O4S. The van der Waals surface area contributed by atoms with Crippen molar-refractivity contribution in [1.29, 1.82) is 0 Å². The molecule has 8 nitrogen and oxygen atoms in total. The maximum atomic E-state index is 12.5. The van der Waals surface area contributed by atoms with E-state index in [1.165, 1.54) is 16.6 Å². The molecule has 9 heteroatoms. The van der Waals surface area contributed by atoms with E-state index in [4.69, 9.17) is 9.47 Å². The van der Waals surface area contributed by atoms with Gasteiger partial charge in [0.05, 0.1) is 13.3 Å². The molecule has 1 heterocycles. The highest BCUT2D eigenvalue weighted by atomic mass is 32.2. The summed E-state index contributed by atoms with van der Waals surface area (Å²) in [7, 11) is -1.95. The zero-order valence-electron chi connectivity index (χ0n) is 18.9. The highest BCUT2D eigenvalue weighted by molar-refractivity contribution is 7.89. The van der Waals surface area contributed by atoms with Gasteiger partial charge in [-0.1, -0.05) is 44.2 Å². The van der Waals surface area contributed by atoms with Crippen LogP contribution in [0.4, 0.5) is 5.82 Å². The largest absolute Gasteiger partial charge is 0.493 e. The van der Waals surface area contributed by atoms with Crippen molar-refractivity contribution < 1.29 is 17.9 Å². The third kappa shape index (κ3) is 6.30. The molecule has 0 aliphatic carbocycles. The van der Waals surface area contributed by atoms with E-state index in [0.717, 1.165) is 11.1 Å². The summed E-state index contributed by atoms with van der Waals surface area (Å²) >= 11 is 0. The lowest BCUT2D eigenvalue weighted by Crippen LogP contribution is -2.30. The Balaban J connectivity index is 1.66. The Kier molecular flexibility index (Phi) is 8.39. The Labute approximate surface area is 194 Å². The summed E-state index contributed by atoms with van der Waals surface area (Å²) in [6.07, 6.45) is 2.95. The molecule has 0 spiro atoms. The predicted molar refractivity (Wildman–Crippen MR) is 129 cm³/mol. The van der Waals surface area contributed by atoms with Crippen molar-refractivity contribution in [1.82, 2.24) is 9.29 Å². The maximum absolute atomic E-state index is 12.5. The molecule has 174 valence electrons. The first kappa shape index (κ1) is 24.2. The molecule has 33 heavy (non-hydrogen) atoms. The summed E-state index contributed by atoms with van der Waals surface area (Å²) in [5, 5.41) is 4.19. The van der Waals surface area contributed by atoms with Crippen LogP contribution in [0.25, 0.3) is 0 Å². The molecular weight excluding hydrogens is 440 g/mol. The van der Waals surface area contributed by atoms with E-state index >= 15 is 0 Å². The molecule has 2 aromatic carbocycles. The minimum absolute atomic E-state index is 0.149. The maximum Gasteiger partial charge on any atom is 0.244 e. The number of ether oxygens (including phenoxy) is 2. The lowest BCUT2D eigenvalue weighted by atomic mass is 10.2. The van der Waals surface area contributed by atoms with Gasteiger partial charge in [-0.05, 0) is 41.5 Å². The molecule has 0 unspecified atom stereocenters. The fraction of sp³-hybridized carbons (Fsp3) is 0.250. The van der Waals surface area contributed by atoms with E-state index in [-0.39, 0.29) is 4.90 Å². The number of methoxy groups -OCH3 is 1. The van der Waals surface area contributed by atoms with Gasteiger partial charge in [-0.2, -0.15) is 9.41 Å². The number of sulfonamides is 1. The monoisotopic (exact) mass is 468 g/mol. The van der Waals surface area contributed by atoms with Crippen molar-refractivity contribution in [2.24, 2.45) is 5.10 Å². The second-order valence-corrected chi connectivity index (χ2v) is 8.96. The summed E-state index contributed by atoms with van der Waals surface area (Å²) in [4.78, 5) is 4.31. The van der Waals surface area contributed by atoms with Crippen LogP contribution in [0.15, 0.2) is 76.9 Å². The first-order valence-electron chi connectivity index (χ1n) is 10.6. The highest BCUT2D eigenvalue weighted by Gasteiger charge is 2.21. The van der Waals surface area contributed by atoms with E-state index in [1.54, 1.807) is 33.2 Å². The van der Waals surface area contributed by atoms with Gasteiger partial charge in [0.1, 0.15) is 17.3 Å². The van der Waals surface area contributed by atoms with E-state index in [0.29, 0.717) is 37.0 Å². The van der Waals surface area contributed by atoms with Gasteiger partial charge in [0.2, 0.25) is 10.0 Å². The van der Waals surface area contributed by atoms with Crippen molar-refractivity contribution in [2.45, 2.75) is 25.3 Å². The summed E-state index contributed by atoms with van der Waals surface area (Å²) in [6, 6.07) is 18.5. The Morgan fingerprint density at radius 3 is 2.42 bits per heavy atom. The molecule has 3 aromatic rings. The number of hydrogen-bond donors (Lipinski definition) is 1. The lowest BCUT2D eigenvalue weighted by molar-refractivity contribution is 0.284. The van der Waals surface area contributed by atoms with Gasteiger partial charge in [-0.3, -0.25) is 5.43 Å². The van der Waals surface area contributed by atoms with Gasteiger partial charge in [-0.15, -0.1) is 0 Å². The Morgan fingerprint density at radius 1 is 1.03 bits per heavy atom. The summed E-state index contributed by atoms with van der Waals surface area (Å²) in [6.45, 7) is 4.83. The van der Waals surface area contributed by atoms with Crippen LogP contribution in [-0.2, 0) is 16.6 Å². The average Bonchev–Trinajstić information content (AvgIpc) is 2.84. The molecule has 0 aliphatic heterocycles. The molecule has 0 radical (unpaired) electrons. The summed E-state index contributed by atoms with van der Waals surface area (Å²) in [5.41, 5.74) is 4.66. The van der Waals surface area contributed by atoms with Crippen LogP contribution in [0, 0.1) is 0 Å². The number of rotatable bonds is 11. The smallest absolute Gasteiger partial charge is 0.244 e. The standard InChI is InChI=1S/C24H28N4O4S/c1-4-28(5-2)33(29,30)21-12-14-24(25-17-21)27-26-16-20-11-13-22(31-3)23(15-20)32-18-19-9-7-6-8-10-19/h6-17H,4-5,18H2,1-3H3,(H,25,27)/b26-16+. The van der Waals surface area contributed by atoms with Gasteiger partial charge in [-0.25, -0.2) is 13.4 Å². The van der Waals surface area contributed by atoms with Crippen LogP contribution < -0.4 is 14.9 Å². The number of benzene rings is 2. The lowest BCUT2D eigenvalue weighted by Gasteiger charge is -2.18. The quantitative estimate of drug-likeness (QED) is 0.336. The molecule has 1 N–H and O–H groups in total. The van der Waals surface area contributed by atoms with Gasteiger partial charge in [0.25, 0.3) is 0 Å². The molecule has 0 fully saturated rings. The highest BCUT2D eigenvalue weighted by Crippen LogP contribution is 2.28. The second kappa shape index (κ2) is 11.4. The minimum Gasteiger partial charge on any atom is -0.493 e. The van der Waals surface area contributed by atoms with Crippen LogP contribution >= 0.6 is 0 Å². The van der Waals surface area contributed by atoms with Crippen LogP contribution in [0.5, 0.6) is 11.5 Å². The average molecular weight is 469 g/mol. The fourth-order valence-electron chi connectivity index (χ4n) is 3.11. The zero-order chi connectivity index (χ0) is 23.7. The van der Waals surface area contributed by atoms with E-state index in [1.807, 2.05) is 48.5 Å². The second-order valence-electron chi connectivity index (χ2n) is 7.02. The molecule has 0 aliphatic rings. The number of nitrogens with one attached hydrogen (secondary N) is 1. The number of nitrogens with zero attached hydrogens (tertiary/aromatic N) is 3. The number of aromatic nitrogens is 1. The topological polar surface area (TPSA) is 93.1 Å². The van der Waals surface area contributed by atoms with Crippen molar-refractivity contribution in [3.8, 4) is 11.5 Å². The number of pyridine rings is 1. The molecule has 0 atom stereocenters. The van der Waals surface area contributed by atoms with Crippen molar-refractivity contribution in [3.63, 3.8) is 0 Å². The Morgan fingerprint density at radius 2 is 1.79 bits per heavy atom. The normalized spacial score (nSPS) is 11.6. The molecule has 0 bridgehead atoms. The van der Waals surface area contributed by atoms with Gasteiger partial charge in [0, 0.05) is 19.3 Å². The molecule has 0 amide bonds. The van der Waals surface area contributed by atoms with Crippen LogP contribution in [-0.4, -0.2) is 44.1 Å². The van der Waals surface area contributed by atoms with Gasteiger partial charge in [0.15, 0.2) is 11.5 Å². The fourth-order valence-corrected chi connectivity index (χ4v) is 4.51. The Bertz CT molecular complexity index is 1160. The number of hydrogen-bond acceptors (Lipinski definition) is 7. The Hall–Kier alpha value is -3.43. The number of anilines is 1.